The molecule has 0 spiro atoms. The number of fused-ring (bicyclic) bond motifs is 6. The molecule has 0 N–H and O–H groups in total. The molecule has 0 heterocycles. The Morgan fingerprint density at radius 3 is 2.63 bits per heavy atom. The van der Waals surface area contributed by atoms with Crippen molar-refractivity contribution in [3.05, 3.63) is 106 Å². The summed E-state index contributed by atoms with van der Waals surface area (Å²) in [5.41, 5.74) is 13.9. The second kappa shape index (κ2) is 6.43. The minimum Gasteiger partial charge on any atom is -0.0842 e. The van der Waals surface area contributed by atoms with Crippen molar-refractivity contribution in [1.29, 1.82) is 0 Å². The molecule has 4 aromatic rings. The van der Waals surface area contributed by atoms with Crippen molar-refractivity contribution in [3.8, 4) is 11.1 Å². The standard InChI is InChI=1S/C35H28/c1-19-22-7-4-5-9-25(22)27-15-17-31-28-11-10-21-18-20-6-2-3-8-24(20)26-14-16-29(34(28)32(21)26)30-13-12-23(19)33(27)35(30)31/h2,4-7,9-13,15,17-19,23-24,26H,3,8,14,16H2,1H3. The van der Waals surface area contributed by atoms with Gasteiger partial charge >= 0.3 is 0 Å². The highest BCUT2D eigenvalue weighted by Crippen LogP contribution is 2.57. The van der Waals surface area contributed by atoms with Crippen LogP contribution in [0.3, 0.4) is 0 Å². The average Bonchev–Trinajstić information content (AvgIpc) is 2.92. The van der Waals surface area contributed by atoms with E-state index in [0.29, 0.717) is 23.7 Å². The van der Waals surface area contributed by atoms with Gasteiger partial charge in [0.25, 0.3) is 0 Å². The minimum atomic E-state index is 0.467. The summed E-state index contributed by atoms with van der Waals surface area (Å²) < 4.78 is 0. The van der Waals surface area contributed by atoms with Gasteiger partial charge in [0, 0.05) is 5.92 Å². The Labute approximate surface area is 206 Å². The van der Waals surface area contributed by atoms with Crippen molar-refractivity contribution in [2.45, 2.75) is 50.4 Å². The average molecular weight is 449 g/mol. The van der Waals surface area contributed by atoms with Crippen LogP contribution in [0.15, 0.2) is 72.3 Å². The van der Waals surface area contributed by atoms with Crippen LogP contribution in [-0.2, 0) is 6.42 Å². The highest BCUT2D eigenvalue weighted by molar-refractivity contribution is 6.18. The summed E-state index contributed by atoms with van der Waals surface area (Å²) >= 11 is 0. The van der Waals surface area contributed by atoms with E-state index in [0.717, 1.165) is 0 Å². The molecule has 4 atom stereocenters. The normalized spacial score (nSPS) is 26.5. The first kappa shape index (κ1) is 18.9. The molecule has 0 aromatic heterocycles. The quantitative estimate of drug-likeness (QED) is 0.235. The van der Waals surface area contributed by atoms with Gasteiger partial charge in [-0.1, -0.05) is 85.8 Å². The molecular weight excluding hydrogens is 420 g/mol. The largest absolute Gasteiger partial charge is 0.0842 e. The Morgan fingerprint density at radius 1 is 0.771 bits per heavy atom. The first-order valence-corrected chi connectivity index (χ1v) is 13.5. The van der Waals surface area contributed by atoms with Crippen molar-refractivity contribution >= 4 is 33.7 Å². The molecule has 5 aliphatic rings. The molecule has 9 rings (SSSR count). The highest BCUT2D eigenvalue weighted by Gasteiger charge is 2.39. The zero-order chi connectivity index (χ0) is 22.8. The number of benzene rings is 4. The minimum absolute atomic E-state index is 0.467. The molecule has 5 aliphatic carbocycles. The smallest absolute Gasteiger partial charge is 0.0100 e. The van der Waals surface area contributed by atoms with E-state index in [-0.39, 0.29) is 0 Å². The number of rotatable bonds is 0. The Bertz CT molecular complexity index is 1720. The van der Waals surface area contributed by atoms with Gasteiger partial charge in [0.05, 0.1) is 0 Å². The zero-order valence-electron chi connectivity index (χ0n) is 20.1. The van der Waals surface area contributed by atoms with Gasteiger partial charge in [0.2, 0.25) is 0 Å². The van der Waals surface area contributed by atoms with Crippen LogP contribution in [0, 0.1) is 5.92 Å². The second-order valence-corrected chi connectivity index (χ2v) is 11.5. The first-order chi connectivity index (χ1) is 17.3. The fraction of sp³-hybridized carbons (Fsp3) is 0.257. The van der Waals surface area contributed by atoms with Crippen molar-refractivity contribution in [2.75, 3.05) is 0 Å². The molecule has 0 bridgehead atoms. The number of allylic oxidation sites excluding steroid dienone is 4. The van der Waals surface area contributed by atoms with Gasteiger partial charge in [-0.15, -0.1) is 0 Å². The Balaban J connectivity index is 1.43. The molecule has 4 unspecified atom stereocenters. The summed E-state index contributed by atoms with van der Waals surface area (Å²) in [4.78, 5) is 0. The monoisotopic (exact) mass is 448 g/mol. The summed E-state index contributed by atoms with van der Waals surface area (Å²) in [6, 6.07) is 18.9. The predicted molar refractivity (Wildman–Crippen MR) is 148 cm³/mol. The van der Waals surface area contributed by atoms with Crippen LogP contribution < -0.4 is 0 Å². The van der Waals surface area contributed by atoms with E-state index < -0.39 is 0 Å². The molecule has 0 amide bonds. The molecule has 0 nitrogen and oxygen atoms in total. The van der Waals surface area contributed by atoms with E-state index in [1.165, 1.54) is 64.3 Å². The third-order valence-corrected chi connectivity index (χ3v) is 10.1. The van der Waals surface area contributed by atoms with E-state index in [2.05, 4.69) is 85.8 Å². The number of hydrogen-bond donors (Lipinski definition) is 0. The summed E-state index contributed by atoms with van der Waals surface area (Å²) in [6.07, 6.45) is 17.4. The number of hydrogen-bond acceptors (Lipinski definition) is 0. The lowest BCUT2D eigenvalue weighted by atomic mass is 9.63. The Hall–Kier alpha value is -3.38. The summed E-state index contributed by atoms with van der Waals surface area (Å²) in [6.45, 7) is 2.43. The zero-order valence-corrected chi connectivity index (χ0v) is 20.1. The lowest BCUT2D eigenvalue weighted by Gasteiger charge is -2.41. The van der Waals surface area contributed by atoms with Crippen molar-refractivity contribution in [3.63, 3.8) is 0 Å². The van der Waals surface area contributed by atoms with E-state index in [1.54, 1.807) is 33.0 Å². The van der Waals surface area contributed by atoms with Gasteiger partial charge in [-0.05, 0) is 115 Å². The first-order valence-electron chi connectivity index (χ1n) is 13.5. The summed E-state index contributed by atoms with van der Waals surface area (Å²) in [5.74, 6) is 2.37. The molecule has 4 aromatic carbocycles. The molecule has 0 saturated heterocycles. The highest BCUT2D eigenvalue weighted by atomic mass is 14.4. The van der Waals surface area contributed by atoms with Crippen molar-refractivity contribution < 1.29 is 0 Å². The van der Waals surface area contributed by atoms with Crippen LogP contribution in [0.5, 0.6) is 0 Å². The van der Waals surface area contributed by atoms with E-state index in [4.69, 9.17) is 0 Å². The van der Waals surface area contributed by atoms with Gasteiger partial charge in [0.15, 0.2) is 0 Å². The number of aryl methyl sites for hydroxylation is 1. The maximum absolute atomic E-state index is 2.54. The molecule has 0 radical (unpaired) electrons. The van der Waals surface area contributed by atoms with Gasteiger partial charge in [-0.25, -0.2) is 0 Å². The van der Waals surface area contributed by atoms with E-state index >= 15 is 0 Å². The van der Waals surface area contributed by atoms with Crippen molar-refractivity contribution in [2.24, 2.45) is 5.92 Å². The summed E-state index contributed by atoms with van der Waals surface area (Å²) in [5, 5.41) is 6.11. The predicted octanol–water partition coefficient (Wildman–Crippen LogP) is 9.28. The lowest BCUT2D eigenvalue weighted by molar-refractivity contribution is 0.424. The van der Waals surface area contributed by atoms with E-state index in [1.807, 2.05) is 0 Å². The second-order valence-electron chi connectivity index (χ2n) is 11.5. The molecule has 35 heavy (non-hydrogen) atoms. The van der Waals surface area contributed by atoms with Crippen LogP contribution in [-0.4, -0.2) is 0 Å². The van der Waals surface area contributed by atoms with Crippen LogP contribution in [0.2, 0.25) is 0 Å². The molecule has 168 valence electrons. The van der Waals surface area contributed by atoms with Crippen molar-refractivity contribution in [1.82, 2.24) is 0 Å². The van der Waals surface area contributed by atoms with Crippen LogP contribution in [0.4, 0.5) is 0 Å². The van der Waals surface area contributed by atoms with Crippen LogP contribution in [0.1, 0.15) is 77.3 Å². The maximum Gasteiger partial charge on any atom is 0.0100 e. The summed E-state index contributed by atoms with van der Waals surface area (Å²) in [7, 11) is 0. The fourth-order valence-corrected chi connectivity index (χ4v) is 8.60. The molecule has 0 fully saturated rings. The third kappa shape index (κ3) is 2.21. The van der Waals surface area contributed by atoms with Gasteiger partial charge in [-0.2, -0.15) is 0 Å². The van der Waals surface area contributed by atoms with Gasteiger partial charge in [-0.3, -0.25) is 0 Å². The molecule has 0 heteroatoms. The van der Waals surface area contributed by atoms with Crippen LogP contribution >= 0.6 is 0 Å². The molecule has 0 saturated carbocycles. The Morgan fingerprint density at radius 2 is 1.66 bits per heavy atom. The fourth-order valence-electron chi connectivity index (χ4n) is 8.60. The third-order valence-electron chi connectivity index (χ3n) is 10.1. The maximum atomic E-state index is 2.54. The topological polar surface area (TPSA) is 0 Å². The van der Waals surface area contributed by atoms with E-state index in [9.17, 15) is 0 Å². The Kier molecular flexibility index (Phi) is 3.47. The SMILES string of the molecule is CC1c2ccccc2-c2ccc3c4c(c5c6c7c(ccc63)C=C3C=CCCC3C7CC5)C=CC1c24. The lowest BCUT2D eigenvalue weighted by Crippen LogP contribution is -2.25. The molecule has 0 aliphatic heterocycles. The van der Waals surface area contributed by atoms with Gasteiger partial charge < -0.3 is 0 Å². The molecular formula is C35H28. The van der Waals surface area contributed by atoms with Crippen LogP contribution in [0.25, 0.3) is 44.8 Å². The van der Waals surface area contributed by atoms with Gasteiger partial charge in [0.1, 0.15) is 0 Å².